The summed E-state index contributed by atoms with van der Waals surface area (Å²) in [6, 6.07) is 26.5. The molecular formula is C33H44N2O4. The number of aryl methyl sites for hydroxylation is 2. The van der Waals surface area contributed by atoms with Crippen LogP contribution in [0.5, 0.6) is 11.5 Å². The summed E-state index contributed by atoms with van der Waals surface area (Å²) in [5.41, 5.74) is 3.10. The zero-order chi connectivity index (χ0) is 28.1. The standard InChI is InChI=1S/C33H44N2O4/c1-33(2,3)39-32(36)34-31(28-13-7-6-8-14-28)25-35(23-9-11-26-15-19-29(37-4)20-16-26)24-10-12-27-17-21-30(38-5)22-18-27/h6-8,13-22,31H,9-12,23-25H2,1-5H3,(H,34,36). The van der Waals surface area contributed by atoms with Gasteiger partial charge in [-0.25, -0.2) is 4.79 Å². The zero-order valence-corrected chi connectivity index (χ0v) is 24.1. The SMILES string of the molecule is COc1ccc(CCCN(CCCc2ccc(OC)cc2)CC(NC(=O)OC(C)(C)C)c2ccccc2)cc1. The fourth-order valence-electron chi connectivity index (χ4n) is 4.52. The third kappa shape index (κ3) is 11.0. The lowest BCUT2D eigenvalue weighted by atomic mass is 10.0. The van der Waals surface area contributed by atoms with E-state index in [9.17, 15) is 4.79 Å². The summed E-state index contributed by atoms with van der Waals surface area (Å²) in [7, 11) is 3.38. The molecule has 6 heteroatoms. The van der Waals surface area contributed by atoms with Crippen LogP contribution in [0.2, 0.25) is 0 Å². The molecule has 0 aromatic heterocycles. The second kappa shape index (κ2) is 15.2. The fourth-order valence-corrected chi connectivity index (χ4v) is 4.52. The average Bonchev–Trinajstić information content (AvgIpc) is 2.92. The minimum absolute atomic E-state index is 0.178. The Balaban J connectivity index is 1.68. The summed E-state index contributed by atoms with van der Waals surface area (Å²) in [6.45, 7) is 8.20. The van der Waals surface area contributed by atoms with Gasteiger partial charge in [0.05, 0.1) is 20.3 Å². The summed E-state index contributed by atoms with van der Waals surface area (Å²) in [5, 5.41) is 3.13. The second-order valence-electron chi connectivity index (χ2n) is 10.8. The third-order valence-electron chi connectivity index (χ3n) is 6.53. The van der Waals surface area contributed by atoms with Gasteiger partial charge in [-0.3, -0.25) is 0 Å². The van der Waals surface area contributed by atoms with Gasteiger partial charge >= 0.3 is 6.09 Å². The first kappa shape index (κ1) is 30.0. The molecule has 0 saturated heterocycles. The maximum atomic E-state index is 12.8. The Morgan fingerprint density at radius 3 is 1.69 bits per heavy atom. The number of hydrogen-bond acceptors (Lipinski definition) is 5. The quantitative estimate of drug-likeness (QED) is 0.246. The Hall–Kier alpha value is -3.51. The van der Waals surface area contributed by atoms with Crippen molar-refractivity contribution >= 4 is 6.09 Å². The van der Waals surface area contributed by atoms with Crippen LogP contribution in [0.3, 0.4) is 0 Å². The molecule has 0 fully saturated rings. The van der Waals surface area contributed by atoms with Gasteiger partial charge in [-0.05, 0) is 100 Å². The number of nitrogens with zero attached hydrogens (tertiary/aromatic N) is 1. The van der Waals surface area contributed by atoms with Crippen molar-refractivity contribution in [3.05, 3.63) is 95.6 Å². The van der Waals surface area contributed by atoms with Crippen LogP contribution in [0.4, 0.5) is 4.79 Å². The summed E-state index contributed by atoms with van der Waals surface area (Å²) in [6.07, 6.45) is 3.60. The molecular weight excluding hydrogens is 488 g/mol. The third-order valence-corrected chi connectivity index (χ3v) is 6.53. The molecule has 1 unspecified atom stereocenters. The van der Waals surface area contributed by atoms with E-state index in [4.69, 9.17) is 14.2 Å². The molecule has 3 aromatic carbocycles. The van der Waals surface area contributed by atoms with E-state index in [2.05, 4.69) is 46.6 Å². The molecule has 0 spiro atoms. The molecule has 3 aromatic rings. The molecule has 0 bridgehead atoms. The van der Waals surface area contributed by atoms with Gasteiger partial charge in [0.25, 0.3) is 0 Å². The first-order valence-corrected chi connectivity index (χ1v) is 13.8. The zero-order valence-electron chi connectivity index (χ0n) is 24.1. The minimum atomic E-state index is -0.554. The lowest BCUT2D eigenvalue weighted by molar-refractivity contribution is 0.0490. The van der Waals surface area contributed by atoms with E-state index >= 15 is 0 Å². The van der Waals surface area contributed by atoms with Gasteiger partial charge in [-0.15, -0.1) is 0 Å². The van der Waals surface area contributed by atoms with E-state index in [1.807, 2.05) is 63.2 Å². The van der Waals surface area contributed by atoms with Crippen molar-refractivity contribution in [2.45, 2.75) is 58.1 Å². The van der Waals surface area contributed by atoms with E-state index in [0.717, 1.165) is 55.8 Å². The maximum absolute atomic E-state index is 12.8. The number of ether oxygens (including phenoxy) is 3. The van der Waals surface area contributed by atoms with E-state index in [1.54, 1.807) is 14.2 Å². The van der Waals surface area contributed by atoms with Crippen molar-refractivity contribution < 1.29 is 19.0 Å². The highest BCUT2D eigenvalue weighted by molar-refractivity contribution is 5.68. The monoisotopic (exact) mass is 532 g/mol. The maximum Gasteiger partial charge on any atom is 0.408 e. The van der Waals surface area contributed by atoms with Crippen LogP contribution in [0, 0.1) is 0 Å². The highest BCUT2D eigenvalue weighted by Crippen LogP contribution is 2.19. The van der Waals surface area contributed by atoms with Crippen LogP contribution in [0.25, 0.3) is 0 Å². The molecule has 0 aliphatic heterocycles. The molecule has 1 atom stereocenters. The molecule has 0 radical (unpaired) electrons. The van der Waals surface area contributed by atoms with Gasteiger partial charge in [-0.2, -0.15) is 0 Å². The predicted octanol–water partition coefficient (Wildman–Crippen LogP) is 6.84. The van der Waals surface area contributed by atoms with Gasteiger partial charge in [0, 0.05) is 6.54 Å². The Morgan fingerprint density at radius 2 is 1.26 bits per heavy atom. The van der Waals surface area contributed by atoms with E-state index in [0.29, 0.717) is 6.54 Å². The van der Waals surface area contributed by atoms with Crippen molar-refractivity contribution in [1.82, 2.24) is 10.2 Å². The topological polar surface area (TPSA) is 60.0 Å². The second-order valence-corrected chi connectivity index (χ2v) is 10.8. The average molecular weight is 533 g/mol. The first-order valence-electron chi connectivity index (χ1n) is 13.8. The van der Waals surface area contributed by atoms with Crippen LogP contribution in [0.15, 0.2) is 78.9 Å². The van der Waals surface area contributed by atoms with Crippen LogP contribution in [-0.4, -0.2) is 50.4 Å². The molecule has 1 N–H and O–H groups in total. The molecule has 0 aliphatic rings. The summed E-state index contributed by atoms with van der Waals surface area (Å²) < 4.78 is 16.2. The van der Waals surface area contributed by atoms with Gasteiger partial charge in [0.1, 0.15) is 17.1 Å². The molecule has 210 valence electrons. The molecule has 39 heavy (non-hydrogen) atoms. The van der Waals surface area contributed by atoms with E-state index in [1.165, 1.54) is 11.1 Å². The van der Waals surface area contributed by atoms with Gasteiger partial charge in [0.15, 0.2) is 0 Å². The summed E-state index contributed by atoms with van der Waals surface area (Å²) in [5.74, 6) is 1.75. The fraction of sp³-hybridized carbons (Fsp3) is 0.424. The van der Waals surface area contributed by atoms with Gasteiger partial charge < -0.3 is 24.4 Å². The number of rotatable bonds is 14. The predicted molar refractivity (Wildman–Crippen MR) is 158 cm³/mol. The molecule has 1 amide bonds. The number of carbonyl (C=O) groups excluding carboxylic acids is 1. The number of nitrogens with one attached hydrogen (secondary N) is 1. The van der Waals surface area contributed by atoms with Crippen molar-refractivity contribution in [2.24, 2.45) is 0 Å². The van der Waals surface area contributed by atoms with Crippen molar-refractivity contribution in [2.75, 3.05) is 33.9 Å². The van der Waals surface area contributed by atoms with Crippen LogP contribution in [-0.2, 0) is 17.6 Å². The highest BCUT2D eigenvalue weighted by atomic mass is 16.6. The largest absolute Gasteiger partial charge is 0.497 e. The first-order chi connectivity index (χ1) is 18.8. The lowest BCUT2D eigenvalue weighted by Gasteiger charge is -2.29. The Labute approximate surface area is 234 Å². The van der Waals surface area contributed by atoms with Crippen LogP contribution >= 0.6 is 0 Å². The number of alkyl carbamates (subject to hydrolysis) is 1. The number of methoxy groups -OCH3 is 2. The van der Waals surface area contributed by atoms with E-state index in [-0.39, 0.29) is 6.04 Å². The summed E-state index contributed by atoms with van der Waals surface area (Å²) >= 11 is 0. The van der Waals surface area contributed by atoms with Crippen molar-refractivity contribution in [1.29, 1.82) is 0 Å². The molecule has 0 aliphatic carbocycles. The number of carbonyl (C=O) groups is 1. The van der Waals surface area contributed by atoms with Crippen LogP contribution < -0.4 is 14.8 Å². The Bertz CT molecular complexity index is 1060. The molecule has 6 nitrogen and oxygen atoms in total. The van der Waals surface area contributed by atoms with Gasteiger partial charge in [-0.1, -0.05) is 54.6 Å². The smallest absolute Gasteiger partial charge is 0.408 e. The van der Waals surface area contributed by atoms with Crippen molar-refractivity contribution in [3.63, 3.8) is 0 Å². The number of amides is 1. The minimum Gasteiger partial charge on any atom is -0.497 e. The summed E-state index contributed by atoms with van der Waals surface area (Å²) in [4.78, 5) is 15.2. The van der Waals surface area contributed by atoms with Crippen molar-refractivity contribution in [3.8, 4) is 11.5 Å². The number of hydrogen-bond donors (Lipinski definition) is 1. The molecule has 0 heterocycles. The Morgan fingerprint density at radius 1 is 0.769 bits per heavy atom. The molecule has 0 saturated carbocycles. The Kier molecular flexibility index (Phi) is 11.7. The normalized spacial score (nSPS) is 12.2. The van der Waals surface area contributed by atoms with Gasteiger partial charge in [0.2, 0.25) is 0 Å². The van der Waals surface area contributed by atoms with E-state index < -0.39 is 11.7 Å². The lowest BCUT2D eigenvalue weighted by Crippen LogP contribution is -2.41. The molecule has 3 rings (SSSR count). The number of benzene rings is 3. The highest BCUT2D eigenvalue weighted by Gasteiger charge is 2.22. The van der Waals surface area contributed by atoms with Crippen LogP contribution in [0.1, 0.15) is 56.3 Å².